The van der Waals surface area contributed by atoms with Crippen molar-refractivity contribution >= 4 is 23.2 Å². The van der Waals surface area contributed by atoms with Crippen LogP contribution in [0.2, 0.25) is 5.02 Å². The Labute approximate surface area is 160 Å². The Morgan fingerprint density at radius 3 is 2.46 bits per heavy atom. The summed E-state index contributed by atoms with van der Waals surface area (Å²) < 4.78 is 0. The lowest BCUT2D eigenvalue weighted by Gasteiger charge is -2.38. The lowest BCUT2D eigenvalue weighted by Crippen LogP contribution is -2.53. The normalized spacial score (nSPS) is 16.3. The van der Waals surface area contributed by atoms with Gasteiger partial charge in [0, 0.05) is 43.4 Å². The third kappa shape index (κ3) is 4.77. The second-order valence-electron chi connectivity index (χ2n) is 6.88. The second-order valence-corrected chi connectivity index (χ2v) is 7.32. The van der Waals surface area contributed by atoms with E-state index in [9.17, 15) is 4.79 Å². The zero-order chi connectivity index (χ0) is 18.5. The van der Waals surface area contributed by atoms with E-state index in [0.717, 1.165) is 36.8 Å². The van der Waals surface area contributed by atoms with E-state index in [0.29, 0.717) is 6.54 Å². The standard InChI is InChI=1S/C21H26ClN3O/c1-16-4-3-5-18(14-16)15-23-21(26)17(2)24-10-12-25(13-11-24)20-8-6-19(22)7-9-20/h3-9,14,17H,10-13,15H2,1-2H3,(H,23,26). The summed E-state index contributed by atoms with van der Waals surface area (Å²) in [5.74, 6) is 0.0893. The Balaban J connectivity index is 1.48. The van der Waals surface area contributed by atoms with Gasteiger partial charge in [-0.1, -0.05) is 41.4 Å². The summed E-state index contributed by atoms with van der Waals surface area (Å²) in [6, 6.07) is 16.1. The molecule has 1 unspecified atom stereocenters. The summed E-state index contributed by atoms with van der Waals surface area (Å²) in [4.78, 5) is 17.1. The third-order valence-electron chi connectivity index (χ3n) is 4.98. The third-order valence-corrected chi connectivity index (χ3v) is 5.23. The zero-order valence-corrected chi connectivity index (χ0v) is 16.2. The van der Waals surface area contributed by atoms with Crippen LogP contribution in [-0.2, 0) is 11.3 Å². The first kappa shape index (κ1) is 18.7. The van der Waals surface area contributed by atoms with Crippen molar-refractivity contribution in [2.24, 2.45) is 0 Å². The SMILES string of the molecule is Cc1cccc(CNC(=O)C(C)N2CCN(c3ccc(Cl)cc3)CC2)c1. The van der Waals surface area contributed by atoms with Crippen LogP contribution in [0.3, 0.4) is 0 Å². The highest BCUT2D eigenvalue weighted by Crippen LogP contribution is 2.20. The summed E-state index contributed by atoms with van der Waals surface area (Å²) in [5, 5.41) is 3.82. The lowest BCUT2D eigenvalue weighted by atomic mass is 10.1. The molecule has 1 amide bonds. The van der Waals surface area contributed by atoms with Crippen molar-refractivity contribution in [3.05, 3.63) is 64.7 Å². The molecule has 0 aliphatic carbocycles. The molecule has 3 rings (SSSR count). The van der Waals surface area contributed by atoms with E-state index < -0.39 is 0 Å². The minimum atomic E-state index is -0.118. The molecule has 2 aromatic rings. The van der Waals surface area contributed by atoms with Crippen molar-refractivity contribution in [1.82, 2.24) is 10.2 Å². The number of amides is 1. The zero-order valence-electron chi connectivity index (χ0n) is 15.4. The van der Waals surface area contributed by atoms with E-state index in [1.165, 1.54) is 11.3 Å². The summed E-state index contributed by atoms with van der Waals surface area (Å²) in [6.45, 7) is 8.21. The van der Waals surface area contributed by atoms with Crippen LogP contribution in [0, 0.1) is 6.92 Å². The topological polar surface area (TPSA) is 35.6 Å². The Morgan fingerprint density at radius 2 is 1.81 bits per heavy atom. The number of benzene rings is 2. The van der Waals surface area contributed by atoms with E-state index >= 15 is 0 Å². The van der Waals surface area contributed by atoms with Gasteiger partial charge in [-0.25, -0.2) is 0 Å². The molecule has 1 heterocycles. The molecule has 1 aliphatic heterocycles. The molecule has 1 aliphatic rings. The largest absolute Gasteiger partial charge is 0.369 e. The van der Waals surface area contributed by atoms with Crippen molar-refractivity contribution in [3.8, 4) is 0 Å². The predicted molar refractivity (Wildman–Crippen MR) is 108 cm³/mol. The van der Waals surface area contributed by atoms with Gasteiger partial charge in [-0.3, -0.25) is 9.69 Å². The van der Waals surface area contributed by atoms with Gasteiger partial charge in [0.25, 0.3) is 0 Å². The number of carbonyl (C=O) groups excluding carboxylic acids is 1. The maximum Gasteiger partial charge on any atom is 0.237 e. The molecule has 0 radical (unpaired) electrons. The fourth-order valence-corrected chi connectivity index (χ4v) is 3.47. The monoisotopic (exact) mass is 371 g/mol. The molecule has 2 aromatic carbocycles. The number of piperazine rings is 1. The minimum absolute atomic E-state index is 0.0893. The van der Waals surface area contributed by atoms with E-state index in [1.807, 2.05) is 31.2 Å². The molecule has 138 valence electrons. The molecule has 4 nitrogen and oxygen atoms in total. The molecule has 1 fully saturated rings. The Kier molecular flexibility index (Phi) is 6.17. The highest BCUT2D eigenvalue weighted by molar-refractivity contribution is 6.30. The molecule has 0 saturated carbocycles. The number of aryl methyl sites for hydroxylation is 1. The molecule has 26 heavy (non-hydrogen) atoms. The number of nitrogens with one attached hydrogen (secondary N) is 1. The number of nitrogens with zero attached hydrogens (tertiary/aromatic N) is 2. The Morgan fingerprint density at radius 1 is 1.12 bits per heavy atom. The lowest BCUT2D eigenvalue weighted by molar-refractivity contribution is -0.126. The van der Waals surface area contributed by atoms with Gasteiger partial charge in [0.2, 0.25) is 5.91 Å². The molecular weight excluding hydrogens is 346 g/mol. The van der Waals surface area contributed by atoms with Gasteiger partial charge in [0.15, 0.2) is 0 Å². The molecule has 0 aromatic heterocycles. The maximum atomic E-state index is 12.5. The fraction of sp³-hybridized carbons (Fsp3) is 0.381. The Hall–Kier alpha value is -2.04. The molecule has 0 bridgehead atoms. The van der Waals surface area contributed by atoms with Crippen LogP contribution in [0.1, 0.15) is 18.1 Å². The second kappa shape index (κ2) is 8.56. The molecule has 1 saturated heterocycles. The van der Waals surface area contributed by atoms with Crippen molar-refractivity contribution in [2.45, 2.75) is 26.4 Å². The first-order valence-electron chi connectivity index (χ1n) is 9.11. The fourth-order valence-electron chi connectivity index (χ4n) is 3.34. The first-order valence-corrected chi connectivity index (χ1v) is 9.48. The average Bonchev–Trinajstić information content (AvgIpc) is 2.66. The van der Waals surface area contributed by atoms with Crippen LogP contribution < -0.4 is 10.2 Å². The highest BCUT2D eigenvalue weighted by Gasteiger charge is 2.25. The number of hydrogen-bond acceptors (Lipinski definition) is 3. The Bertz CT molecular complexity index is 739. The number of carbonyl (C=O) groups is 1. The smallest absolute Gasteiger partial charge is 0.237 e. The van der Waals surface area contributed by atoms with Gasteiger partial charge in [0.05, 0.1) is 6.04 Å². The average molecular weight is 372 g/mol. The van der Waals surface area contributed by atoms with E-state index in [2.05, 4.69) is 46.3 Å². The number of hydrogen-bond donors (Lipinski definition) is 1. The van der Waals surface area contributed by atoms with E-state index in [4.69, 9.17) is 11.6 Å². The van der Waals surface area contributed by atoms with E-state index in [1.54, 1.807) is 0 Å². The molecule has 5 heteroatoms. The highest BCUT2D eigenvalue weighted by atomic mass is 35.5. The number of anilines is 1. The molecule has 1 N–H and O–H groups in total. The van der Waals surface area contributed by atoms with Crippen LogP contribution in [-0.4, -0.2) is 43.0 Å². The van der Waals surface area contributed by atoms with Gasteiger partial charge in [-0.2, -0.15) is 0 Å². The summed E-state index contributed by atoms with van der Waals surface area (Å²) in [7, 11) is 0. The van der Waals surface area contributed by atoms with E-state index in [-0.39, 0.29) is 11.9 Å². The number of halogens is 1. The van der Waals surface area contributed by atoms with Gasteiger partial charge in [0.1, 0.15) is 0 Å². The first-order chi connectivity index (χ1) is 12.5. The summed E-state index contributed by atoms with van der Waals surface area (Å²) >= 11 is 5.96. The minimum Gasteiger partial charge on any atom is -0.369 e. The van der Waals surface area contributed by atoms with Crippen molar-refractivity contribution in [3.63, 3.8) is 0 Å². The van der Waals surface area contributed by atoms with Crippen LogP contribution >= 0.6 is 11.6 Å². The maximum absolute atomic E-state index is 12.5. The quantitative estimate of drug-likeness (QED) is 0.874. The van der Waals surface area contributed by atoms with Gasteiger partial charge >= 0.3 is 0 Å². The van der Waals surface area contributed by atoms with Crippen molar-refractivity contribution in [2.75, 3.05) is 31.1 Å². The number of rotatable bonds is 5. The van der Waals surface area contributed by atoms with Crippen LogP contribution in [0.5, 0.6) is 0 Å². The van der Waals surface area contributed by atoms with Crippen molar-refractivity contribution < 1.29 is 4.79 Å². The van der Waals surface area contributed by atoms with Crippen LogP contribution in [0.15, 0.2) is 48.5 Å². The van der Waals surface area contributed by atoms with Gasteiger partial charge in [-0.05, 0) is 43.7 Å². The predicted octanol–water partition coefficient (Wildman–Crippen LogP) is 3.48. The van der Waals surface area contributed by atoms with Gasteiger partial charge in [-0.15, -0.1) is 0 Å². The summed E-state index contributed by atoms with van der Waals surface area (Å²) in [6.07, 6.45) is 0. The summed E-state index contributed by atoms with van der Waals surface area (Å²) in [5.41, 5.74) is 3.53. The van der Waals surface area contributed by atoms with Crippen molar-refractivity contribution in [1.29, 1.82) is 0 Å². The molecular formula is C21H26ClN3O. The van der Waals surface area contributed by atoms with Crippen LogP contribution in [0.25, 0.3) is 0 Å². The van der Waals surface area contributed by atoms with Crippen LogP contribution in [0.4, 0.5) is 5.69 Å². The molecule has 0 spiro atoms. The van der Waals surface area contributed by atoms with Gasteiger partial charge < -0.3 is 10.2 Å². The molecule has 1 atom stereocenters.